The first kappa shape index (κ1) is 19.6. The SMILES string of the molecule is Cn1ccnc1C(NC(=O)c1cccc(NS(C)(=O)=O)c1)c1ccc(F)cc1. The van der Waals surface area contributed by atoms with Crippen molar-refractivity contribution in [3.63, 3.8) is 0 Å². The molecule has 3 rings (SSSR count). The molecular formula is C19H19FN4O3S. The highest BCUT2D eigenvalue weighted by molar-refractivity contribution is 7.92. The third-order valence-corrected chi connectivity index (χ3v) is 4.63. The van der Waals surface area contributed by atoms with Gasteiger partial charge in [0.05, 0.1) is 6.26 Å². The topological polar surface area (TPSA) is 93.1 Å². The van der Waals surface area contributed by atoms with Gasteiger partial charge in [-0.05, 0) is 35.9 Å². The van der Waals surface area contributed by atoms with Gasteiger partial charge in [0.1, 0.15) is 17.7 Å². The van der Waals surface area contributed by atoms with Gasteiger partial charge in [0.2, 0.25) is 10.0 Å². The molecule has 1 heterocycles. The van der Waals surface area contributed by atoms with Crippen LogP contribution in [0.2, 0.25) is 0 Å². The minimum absolute atomic E-state index is 0.273. The molecule has 0 fully saturated rings. The van der Waals surface area contributed by atoms with Crippen LogP contribution in [0.15, 0.2) is 60.9 Å². The van der Waals surface area contributed by atoms with Crippen molar-refractivity contribution in [3.8, 4) is 0 Å². The lowest BCUT2D eigenvalue weighted by Crippen LogP contribution is -2.31. The lowest BCUT2D eigenvalue weighted by atomic mass is 10.0. The van der Waals surface area contributed by atoms with Crippen LogP contribution in [0, 0.1) is 5.82 Å². The zero-order valence-corrected chi connectivity index (χ0v) is 16.1. The number of aryl methyl sites for hydroxylation is 1. The standard InChI is InChI=1S/C19H19FN4O3S/c1-24-11-10-21-18(24)17(13-6-8-15(20)9-7-13)22-19(25)14-4-3-5-16(12-14)23-28(2,26)27/h3-12,17,23H,1-2H3,(H,22,25). The van der Waals surface area contributed by atoms with Crippen LogP contribution < -0.4 is 10.0 Å². The fourth-order valence-corrected chi connectivity index (χ4v) is 3.32. The molecule has 28 heavy (non-hydrogen) atoms. The average Bonchev–Trinajstić information content (AvgIpc) is 3.05. The van der Waals surface area contributed by atoms with Crippen LogP contribution in [0.4, 0.5) is 10.1 Å². The Morgan fingerprint density at radius 1 is 1.18 bits per heavy atom. The van der Waals surface area contributed by atoms with Crippen LogP contribution >= 0.6 is 0 Å². The summed E-state index contributed by atoms with van der Waals surface area (Å²) in [6.45, 7) is 0. The maximum absolute atomic E-state index is 13.3. The zero-order chi connectivity index (χ0) is 20.3. The van der Waals surface area contributed by atoms with Gasteiger partial charge >= 0.3 is 0 Å². The van der Waals surface area contributed by atoms with E-state index in [1.54, 1.807) is 54.3 Å². The van der Waals surface area contributed by atoms with E-state index in [-0.39, 0.29) is 17.1 Å². The molecule has 146 valence electrons. The van der Waals surface area contributed by atoms with Crippen LogP contribution in [0.1, 0.15) is 27.8 Å². The number of sulfonamides is 1. The number of aromatic nitrogens is 2. The van der Waals surface area contributed by atoms with Crippen molar-refractivity contribution in [3.05, 3.63) is 83.7 Å². The van der Waals surface area contributed by atoms with Crippen LogP contribution in [0.5, 0.6) is 0 Å². The maximum Gasteiger partial charge on any atom is 0.252 e. The summed E-state index contributed by atoms with van der Waals surface area (Å²) in [7, 11) is -1.67. The number of imidazole rings is 1. The molecule has 0 saturated carbocycles. The predicted molar refractivity (Wildman–Crippen MR) is 104 cm³/mol. The maximum atomic E-state index is 13.3. The molecule has 1 aromatic heterocycles. The number of nitrogens with one attached hydrogen (secondary N) is 2. The van der Waals surface area contributed by atoms with Gasteiger partial charge in [-0.25, -0.2) is 17.8 Å². The van der Waals surface area contributed by atoms with Gasteiger partial charge in [0, 0.05) is 30.7 Å². The Balaban J connectivity index is 1.91. The molecule has 0 aliphatic heterocycles. The number of hydrogen-bond acceptors (Lipinski definition) is 4. The van der Waals surface area contributed by atoms with Crippen molar-refractivity contribution in [2.24, 2.45) is 7.05 Å². The largest absolute Gasteiger partial charge is 0.338 e. The highest BCUT2D eigenvalue weighted by Crippen LogP contribution is 2.22. The van der Waals surface area contributed by atoms with Crippen molar-refractivity contribution in [1.29, 1.82) is 0 Å². The molecule has 9 heteroatoms. The Labute approximate surface area is 162 Å². The molecule has 0 bridgehead atoms. The van der Waals surface area contributed by atoms with Crippen LogP contribution in [0.25, 0.3) is 0 Å². The van der Waals surface area contributed by atoms with E-state index in [0.29, 0.717) is 11.4 Å². The van der Waals surface area contributed by atoms with Crippen molar-refractivity contribution < 1.29 is 17.6 Å². The number of carbonyl (C=O) groups excluding carboxylic acids is 1. The van der Waals surface area contributed by atoms with E-state index in [1.807, 2.05) is 0 Å². The van der Waals surface area contributed by atoms with E-state index in [0.717, 1.165) is 6.26 Å². The van der Waals surface area contributed by atoms with Gasteiger partial charge in [-0.3, -0.25) is 9.52 Å². The number of anilines is 1. The minimum Gasteiger partial charge on any atom is -0.338 e. The second-order valence-corrected chi connectivity index (χ2v) is 8.06. The van der Waals surface area contributed by atoms with Gasteiger partial charge in [0.15, 0.2) is 0 Å². The summed E-state index contributed by atoms with van der Waals surface area (Å²) in [4.78, 5) is 17.1. The molecule has 7 nitrogen and oxygen atoms in total. The van der Waals surface area contributed by atoms with E-state index in [1.165, 1.54) is 18.2 Å². The quantitative estimate of drug-likeness (QED) is 0.662. The number of hydrogen-bond donors (Lipinski definition) is 2. The Kier molecular flexibility index (Phi) is 5.46. The Hall–Kier alpha value is -3.20. The molecule has 0 spiro atoms. The van der Waals surface area contributed by atoms with Crippen LogP contribution in [0.3, 0.4) is 0 Å². The highest BCUT2D eigenvalue weighted by atomic mass is 32.2. The van der Waals surface area contributed by atoms with Crippen molar-refractivity contribution in [1.82, 2.24) is 14.9 Å². The summed E-state index contributed by atoms with van der Waals surface area (Å²) in [6.07, 6.45) is 4.38. The Morgan fingerprint density at radius 3 is 2.50 bits per heavy atom. The molecule has 1 amide bonds. The fraction of sp³-hybridized carbons (Fsp3) is 0.158. The normalized spacial score (nSPS) is 12.4. The smallest absolute Gasteiger partial charge is 0.252 e. The van der Waals surface area contributed by atoms with Gasteiger partial charge in [-0.1, -0.05) is 18.2 Å². The number of benzene rings is 2. The molecule has 1 unspecified atom stereocenters. The lowest BCUT2D eigenvalue weighted by molar-refractivity contribution is 0.0941. The second-order valence-electron chi connectivity index (χ2n) is 6.31. The van der Waals surface area contributed by atoms with Gasteiger partial charge in [-0.15, -0.1) is 0 Å². The molecule has 0 saturated heterocycles. The van der Waals surface area contributed by atoms with E-state index >= 15 is 0 Å². The van der Waals surface area contributed by atoms with Gasteiger partial charge in [0.25, 0.3) is 5.91 Å². The number of halogens is 1. The molecule has 2 N–H and O–H groups in total. The summed E-state index contributed by atoms with van der Waals surface area (Å²) >= 11 is 0. The lowest BCUT2D eigenvalue weighted by Gasteiger charge is -2.19. The molecule has 0 aliphatic rings. The predicted octanol–water partition coefficient (Wildman–Crippen LogP) is 2.45. The highest BCUT2D eigenvalue weighted by Gasteiger charge is 2.21. The Bertz CT molecular complexity index is 1090. The summed E-state index contributed by atoms with van der Waals surface area (Å²) in [5.41, 5.74) is 1.22. The monoisotopic (exact) mass is 402 g/mol. The third-order valence-electron chi connectivity index (χ3n) is 4.02. The van der Waals surface area contributed by atoms with Crippen LogP contribution in [-0.4, -0.2) is 30.1 Å². The number of nitrogens with zero attached hydrogens (tertiary/aromatic N) is 2. The van der Waals surface area contributed by atoms with E-state index in [2.05, 4.69) is 15.0 Å². The molecular weight excluding hydrogens is 383 g/mol. The summed E-state index contributed by atoms with van der Waals surface area (Å²) in [5, 5.41) is 2.88. The van der Waals surface area contributed by atoms with E-state index in [4.69, 9.17) is 0 Å². The van der Waals surface area contributed by atoms with Gasteiger partial charge in [-0.2, -0.15) is 0 Å². The van der Waals surface area contributed by atoms with Gasteiger partial charge < -0.3 is 9.88 Å². The summed E-state index contributed by atoms with van der Waals surface area (Å²) in [6, 6.07) is 11.3. The first-order valence-corrected chi connectivity index (χ1v) is 10.2. The molecule has 0 radical (unpaired) electrons. The van der Waals surface area contributed by atoms with E-state index in [9.17, 15) is 17.6 Å². The molecule has 0 aliphatic carbocycles. The molecule has 2 aromatic carbocycles. The number of carbonyl (C=O) groups is 1. The van der Waals surface area contributed by atoms with Crippen molar-refractivity contribution in [2.75, 3.05) is 11.0 Å². The van der Waals surface area contributed by atoms with Crippen LogP contribution in [-0.2, 0) is 17.1 Å². The number of rotatable bonds is 6. The summed E-state index contributed by atoms with van der Waals surface area (Å²) < 4.78 is 40.2. The fourth-order valence-electron chi connectivity index (χ4n) is 2.76. The molecule has 1 atom stereocenters. The average molecular weight is 402 g/mol. The first-order chi connectivity index (χ1) is 13.2. The van der Waals surface area contributed by atoms with E-state index < -0.39 is 22.0 Å². The zero-order valence-electron chi connectivity index (χ0n) is 15.3. The first-order valence-electron chi connectivity index (χ1n) is 8.34. The number of amides is 1. The second kappa shape index (κ2) is 7.81. The van der Waals surface area contributed by atoms with Crippen molar-refractivity contribution in [2.45, 2.75) is 6.04 Å². The van der Waals surface area contributed by atoms with Crippen molar-refractivity contribution >= 4 is 21.6 Å². The molecule has 3 aromatic rings. The Morgan fingerprint density at radius 2 is 1.89 bits per heavy atom. The summed E-state index contributed by atoms with van der Waals surface area (Å²) in [5.74, 6) is -0.229. The minimum atomic E-state index is -3.46. The third kappa shape index (κ3) is 4.74.